The first kappa shape index (κ1) is 55.2. The zero-order chi connectivity index (χ0) is 43.5. The van der Waals surface area contributed by atoms with Gasteiger partial charge in [0.05, 0.1) is 13.2 Å². The first-order chi connectivity index (χ1) is 25.2. The lowest BCUT2D eigenvalue weighted by molar-refractivity contribution is 0.116. The van der Waals surface area contributed by atoms with E-state index in [1.54, 1.807) is 21.3 Å². The zero-order valence-corrected chi connectivity index (χ0v) is 49.4. The maximum atomic E-state index is 7.41. The molecular weight excluding hydrogens is 877 g/mol. The fourth-order valence-electron chi connectivity index (χ4n) is 6.52. The van der Waals surface area contributed by atoms with Crippen LogP contribution < -0.4 is 0 Å². The molecule has 0 aromatic rings. The van der Waals surface area contributed by atoms with Crippen molar-refractivity contribution in [2.45, 2.75) is 160 Å². The number of ether oxygens (including phenoxy) is 2. The number of hydrogen-bond acceptors (Lipinski definition) is 11. The Kier molecular flexibility index (Phi) is 21.7. The van der Waals surface area contributed by atoms with Crippen molar-refractivity contribution in [2.24, 2.45) is 0 Å². The van der Waals surface area contributed by atoms with Crippen LogP contribution in [0.4, 0.5) is 0 Å². The van der Waals surface area contributed by atoms with Crippen molar-refractivity contribution < 1.29 is 47.4 Å². The van der Waals surface area contributed by atoms with Gasteiger partial charge in [0.2, 0.25) is 16.6 Å². The second-order valence-electron chi connectivity index (χ2n) is 20.2. The summed E-state index contributed by atoms with van der Waals surface area (Å²) in [6.07, 6.45) is 1.33. The van der Waals surface area contributed by atoms with Crippen LogP contribution in [0.3, 0.4) is 0 Å². The summed E-state index contributed by atoms with van der Waals surface area (Å²) in [5, 5.41) is 0. The summed E-state index contributed by atoms with van der Waals surface area (Å²) in [6, 6.07) is 6.56. The van der Waals surface area contributed by atoms with Gasteiger partial charge in [0, 0.05) is 34.0 Å². The van der Waals surface area contributed by atoms with E-state index in [4.69, 9.17) is 47.4 Å². The molecule has 21 heteroatoms. The molecule has 0 amide bonds. The van der Waals surface area contributed by atoms with E-state index in [0.29, 0.717) is 12.7 Å². The molecule has 332 valence electrons. The molecule has 56 heavy (non-hydrogen) atoms. The van der Waals surface area contributed by atoms with Crippen molar-refractivity contribution >= 4 is 84.4 Å². The minimum atomic E-state index is -3.73. The summed E-state index contributed by atoms with van der Waals surface area (Å²) in [6.45, 7) is 47.1. The molecule has 0 aromatic heterocycles. The van der Waals surface area contributed by atoms with Crippen LogP contribution in [0.25, 0.3) is 0 Å². The van der Waals surface area contributed by atoms with Crippen molar-refractivity contribution in [3.05, 3.63) is 24.6 Å². The van der Waals surface area contributed by atoms with Crippen molar-refractivity contribution in [2.75, 3.05) is 41.2 Å². The number of epoxide rings is 1. The predicted molar refractivity (Wildman–Crippen MR) is 258 cm³/mol. The summed E-state index contributed by atoms with van der Waals surface area (Å²) in [5.41, 5.74) is 3.92. The van der Waals surface area contributed by atoms with E-state index in [0.717, 1.165) is 61.9 Å². The third kappa shape index (κ3) is 22.3. The monoisotopic (exact) mass is 962 g/mol. The first-order valence-electron chi connectivity index (χ1n) is 20.6. The Balaban J connectivity index is 3.25. The fraction of sp³-hybridized carbons (Fsp3) is 0.886. The van der Waals surface area contributed by atoms with E-state index in [1.165, 1.54) is 0 Å². The summed E-state index contributed by atoms with van der Waals surface area (Å²) < 4.78 is 71.5. The maximum Gasteiger partial charge on any atom is 0.637 e. The van der Waals surface area contributed by atoms with Crippen molar-refractivity contribution in [1.29, 1.82) is 0 Å². The molecule has 1 rings (SSSR count). The Hall–Kier alpha value is 1.21. The van der Waals surface area contributed by atoms with E-state index in [2.05, 4.69) is 118 Å². The van der Waals surface area contributed by atoms with Gasteiger partial charge in [-0.2, -0.15) is 0 Å². The molecule has 1 atom stereocenters. The standard InChI is InChI=1S/C35H86O11Si10/c1-22-47(6,7)43-56(44-48(8,9)23-2,45-53(18,19)29-27-50(12,13)41-49(10,11)26-24-25-39-33-35-34-40-35)46-54(20,21)30-28-51(14,15)42-52(16,17)31-32-55(36-3,37-4)38-5/h22-23,35H,1-2,24-34H2,3-21H3. The lowest BCUT2D eigenvalue weighted by Gasteiger charge is -2.46. The number of rotatable bonds is 32. The molecule has 0 N–H and O–H groups in total. The van der Waals surface area contributed by atoms with E-state index in [-0.39, 0.29) is 0 Å². The second-order valence-corrected chi connectivity index (χ2v) is 60.6. The highest BCUT2D eigenvalue weighted by Gasteiger charge is 2.58. The van der Waals surface area contributed by atoms with Crippen LogP contribution in [0.1, 0.15) is 6.42 Å². The summed E-state index contributed by atoms with van der Waals surface area (Å²) in [4.78, 5) is 0. The Labute approximate surface area is 355 Å². The highest BCUT2D eigenvalue weighted by molar-refractivity contribution is 6.95. The van der Waals surface area contributed by atoms with Crippen LogP contribution in [0, 0.1) is 0 Å². The third-order valence-electron chi connectivity index (χ3n) is 10.1. The van der Waals surface area contributed by atoms with Crippen molar-refractivity contribution in [3.63, 3.8) is 0 Å². The molecule has 11 nitrogen and oxygen atoms in total. The van der Waals surface area contributed by atoms with Crippen LogP contribution in [0.5, 0.6) is 0 Å². The van der Waals surface area contributed by atoms with Crippen LogP contribution in [-0.4, -0.2) is 132 Å². The SMILES string of the molecule is C=C[Si](C)(C)O[Si](O[Si](C)(C)C=C)(O[Si](C)(C)CC[Si](C)(C)O[Si](C)(C)CCCOCC1CO1)O[Si](C)(C)CC[Si](C)(C)O[Si](C)(C)CC[Si](OC)(OC)OC. The molecule has 0 saturated carbocycles. The van der Waals surface area contributed by atoms with E-state index in [1.807, 2.05) is 11.4 Å². The van der Waals surface area contributed by atoms with Crippen molar-refractivity contribution in [1.82, 2.24) is 0 Å². The molecule has 1 saturated heterocycles. The van der Waals surface area contributed by atoms with E-state index < -0.39 is 84.4 Å². The largest absolute Gasteiger partial charge is 0.637 e. The summed E-state index contributed by atoms with van der Waals surface area (Å²) in [5.74, 6) is 0. The topological polar surface area (TPSA) is 105 Å². The summed E-state index contributed by atoms with van der Waals surface area (Å²) >= 11 is 0. The molecular formula is C35H86O11Si10. The molecule has 0 aliphatic carbocycles. The normalized spacial score (nSPS) is 17.0. The Morgan fingerprint density at radius 1 is 0.482 bits per heavy atom. The highest BCUT2D eigenvalue weighted by Crippen LogP contribution is 2.36. The van der Waals surface area contributed by atoms with Crippen LogP contribution in [0.15, 0.2) is 24.6 Å². The van der Waals surface area contributed by atoms with Gasteiger partial charge in [-0.1, -0.05) is 11.4 Å². The minimum absolute atomic E-state index is 0.310. The highest BCUT2D eigenvalue weighted by atomic mass is 28.5. The van der Waals surface area contributed by atoms with E-state index in [9.17, 15) is 0 Å². The van der Waals surface area contributed by atoms with Gasteiger partial charge in [-0.25, -0.2) is 0 Å². The van der Waals surface area contributed by atoms with Gasteiger partial charge in [0.15, 0.2) is 49.9 Å². The average Bonchev–Trinajstić information content (AvgIpc) is 3.86. The van der Waals surface area contributed by atoms with Gasteiger partial charge in [-0.3, -0.25) is 0 Å². The maximum absolute atomic E-state index is 7.41. The molecule has 1 aliphatic heterocycles. The quantitative estimate of drug-likeness (QED) is 0.0366. The average molecular weight is 964 g/mol. The van der Waals surface area contributed by atoms with Crippen LogP contribution in [0.2, 0.25) is 147 Å². The first-order valence-corrected chi connectivity index (χ1v) is 48.8. The summed E-state index contributed by atoms with van der Waals surface area (Å²) in [7, 11) is -19.2. The van der Waals surface area contributed by atoms with Gasteiger partial charge >= 0.3 is 17.9 Å². The molecule has 0 bridgehead atoms. The molecule has 1 aliphatic rings. The molecule has 1 fully saturated rings. The van der Waals surface area contributed by atoms with Gasteiger partial charge in [0.25, 0.3) is 0 Å². The molecule has 0 aromatic carbocycles. The van der Waals surface area contributed by atoms with Gasteiger partial charge in [0.1, 0.15) is 6.10 Å². The van der Waals surface area contributed by atoms with Crippen molar-refractivity contribution in [3.8, 4) is 0 Å². The van der Waals surface area contributed by atoms with Gasteiger partial charge in [-0.15, -0.1) is 13.2 Å². The molecule has 0 spiro atoms. The zero-order valence-electron chi connectivity index (χ0n) is 39.4. The van der Waals surface area contributed by atoms with Gasteiger partial charge in [-0.05, 0) is 147 Å². The van der Waals surface area contributed by atoms with Crippen LogP contribution >= 0.6 is 0 Å². The van der Waals surface area contributed by atoms with Crippen LogP contribution in [-0.2, 0) is 47.4 Å². The Morgan fingerprint density at radius 3 is 1.12 bits per heavy atom. The predicted octanol–water partition coefficient (Wildman–Crippen LogP) is 10.3. The second kappa shape index (κ2) is 22.0. The smallest absolute Gasteiger partial charge is 0.456 e. The fourth-order valence-corrected chi connectivity index (χ4v) is 50.8. The number of hydrogen-bond donors (Lipinski definition) is 0. The lowest BCUT2D eigenvalue weighted by Crippen LogP contribution is -2.66. The minimum Gasteiger partial charge on any atom is -0.456 e. The lowest BCUT2D eigenvalue weighted by atomic mass is 10.5. The molecule has 1 heterocycles. The molecule has 1 unspecified atom stereocenters. The third-order valence-corrected chi connectivity index (χ3v) is 46.6. The van der Waals surface area contributed by atoms with E-state index >= 15 is 0 Å². The Bertz CT molecular complexity index is 1180. The molecule has 0 radical (unpaired) electrons. The Morgan fingerprint density at radius 2 is 0.804 bits per heavy atom. The van der Waals surface area contributed by atoms with Gasteiger partial charge < -0.3 is 47.4 Å².